The Morgan fingerprint density at radius 1 is 1.23 bits per heavy atom. The van der Waals surface area contributed by atoms with Crippen molar-refractivity contribution in [2.75, 3.05) is 13.7 Å². The molecule has 0 unspecified atom stereocenters. The van der Waals surface area contributed by atoms with Crippen molar-refractivity contribution in [2.24, 2.45) is 0 Å². The fraction of sp³-hybridized carbons (Fsp3) is 0.200. The third-order valence-corrected chi connectivity index (χ3v) is 4.27. The number of aryl methyl sites for hydroxylation is 1. The Hall–Kier alpha value is -2.79. The molecule has 0 fully saturated rings. The van der Waals surface area contributed by atoms with Gasteiger partial charge in [-0.3, -0.25) is 4.79 Å². The Bertz CT molecular complexity index is 904. The standard InChI is InChI=1S/C20H19ClN2O3/c1-13-18(19(26-23-13)15-6-8-17(25-2)9-7-15)20(24)22-11-10-14-4-3-5-16(21)12-14/h3-9,12H,10-11H2,1-2H3,(H,22,24). The van der Waals surface area contributed by atoms with Gasteiger partial charge in [0.2, 0.25) is 0 Å². The molecule has 0 aliphatic rings. The Morgan fingerprint density at radius 2 is 2.00 bits per heavy atom. The molecule has 0 aliphatic carbocycles. The summed E-state index contributed by atoms with van der Waals surface area (Å²) in [6.07, 6.45) is 0.689. The topological polar surface area (TPSA) is 64.4 Å². The van der Waals surface area contributed by atoms with E-state index >= 15 is 0 Å². The highest BCUT2D eigenvalue weighted by molar-refractivity contribution is 6.30. The van der Waals surface area contributed by atoms with E-state index in [9.17, 15) is 4.79 Å². The number of nitrogens with zero attached hydrogens (tertiary/aromatic N) is 1. The monoisotopic (exact) mass is 370 g/mol. The lowest BCUT2D eigenvalue weighted by molar-refractivity contribution is 0.0954. The van der Waals surface area contributed by atoms with Gasteiger partial charge in [-0.2, -0.15) is 0 Å². The van der Waals surface area contributed by atoms with Crippen LogP contribution in [0, 0.1) is 6.92 Å². The third-order valence-electron chi connectivity index (χ3n) is 4.03. The summed E-state index contributed by atoms with van der Waals surface area (Å²) >= 11 is 5.98. The molecule has 0 aliphatic heterocycles. The maximum absolute atomic E-state index is 12.6. The molecule has 0 radical (unpaired) electrons. The van der Waals surface area contributed by atoms with E-state index in [0.717, 1.165) is 16.9 Å². The van der Waals surface area contributed by atoms with Crippen LogP contribution >= 0.6 is 11.6 Å². The van der Waals surface area contributed by atoms with Crippen LogP contribution in [-0.2, 0) is 6.42 Å². The average Bonchev–Trinajstić information content (AvgIpc) is 3.03. The Morgan fingerprint density at radius 3 is 2.69 bits per heavy atom. The molecule has 1 N–H and O–H groups in total. The summed E-state index contributed by atoms with van der Waals surface area (Å²) in [5, 5.41) is 7.56. The zero-order valence-electron chi connectivity index (χ0n) is 14.6. The number of amides is 1. The van der Waals surface area contributed by atoms with Gasteiger partial charge in [-0.1, -0.05) is 28.9 Å². The normalized spacial score (nSPS) is 10.6. The lowest BCUT2D eigenvalue weighted by Crippen LogP contribution is -2.26. The van der Waals surface area contributed by atoms with Gasteiger partial charge in [0.25, 0.3) is 5.91 Å². The number of hydrogen-bond acceptors (Lipinski definition) is 4. The van der Waals surface area contributed by atoms with Crippen LogP contribution in [0.2, 0.25) is 5.02 Å². The molecule has 0 saturated heterocycles. The zero-order valence-corrected chi connectivity index (χ0v) is 15.3. The van der Waals surface area contributed by atoms with Crippen molar-refractivity contribution in [1.82, 2.24) is 10.5 Å². The molecule has 0 spiro atoms. The van der Waals surface area contributed by atoms with Crippen molar-refractivity contribution in [2.45, 2.75) is 13.3 Å². The third kappa shape index (κ3) is 4.06. The van der Waals surface area contributed by atoms with Crippen molar-refractivity contribution in [3.05, 3.63) is 70.4 Å². The SMILES string of the molecule is COc1ccc(-c2onc(C)c2C(=O)NCCc2cccc(Cl)c2)cc1. The molecule has 0 bridgehead atoms. The molecule has 26 heavy (non-hydrogen) atoms. The average molecular weight is 371 g/mol. The predicted octanol–water partition coefficient (Wildman–Crippen LogP) is 4.28. The Labute approximate surface area is 156 Å². The van der Waals surface area contributed by atoms with Gasteiger partial charge in [-0.05, 0) is 55.3 Å². The van der Waals surface area contributed by atoms with Gasteiger partial charge in [-0.25, -0.2) is 0 Å². The lowest BCUT2D eigenvalue weighted by atomic mass is 10.1. The second kappa shape index (κ2) is 8.06. The highest BCUT2D eigenvalue weighted by Crippen LogP contribution is 2.27. The first kappa shape index (κ1) is 18.0. The molecule has 0 saturated carbocycles. The Kier molecular flexibility index (Phi) is 5.58. The molecule has 1 aromatic heterocycles. The lowest BCUT2D eigenvalue weighted by Gasteiger charge is -2.07. The van der Waals surface area contributed by atoms with Crippen molar-refractivity contribution >= 4 is 17.5 Å². The summed E-state index contributed by atoms with van der Waals surface area (Å²) in [6, 6.07) is 14.9. The molecule has 1 heterocycles. The number of benzene rings is 2. The number of halogens is 1. The largest absolute Gasteiger partial charge is 0.497 e. The Balaban J connectivity index is 1.72. The van der Waals surface area contributed by atoms with Crippen molar-refractivity contribution in [1.29, 1.82) is 0 Å². The van der Waals surface area contributed by atoms with Crippen molar-refractivity contribution < 1.29 is 14.1 Å². The fourth-order valence-corrected chi connectivity index (χ4v) is 2.89. The van der Waals surface area contributed by atoms with Gasteiger partial charge in [0.15, 0.2) is 5.76 Å². The number of rotatable bonds is 6. The number of methoxy groups -OCH3 is 1. The quantitative estimate of drug-likeness (QED) is 0.703. The molecule has 2 aromatic carbocycles. The summed E-state index contributed by atoms with van der Waals surface area (Å²) in [7, 11) is 1.60. The molecule has 3 aromatic rings. The number of carbonyl (C=O) groups excluding carboxylic acids is 1. The first-order chi connectivity index (χ1) is 12.6. The van der Waals surface area contributed by atoms with Gasteiger partial charge < -0.3 is 14.6 Å². The van der Waals surface area contributed by atoms with Crippen LogP contribution in [0.3, 0.4) is 0 Å². The summed E-state index contributed by atoms with van der Waals surface area (Å²) in [5.74, 6) is 0.972. The smallest absolute Gasteiger partial charge is 0.257 e. The number of carbonyl (C=O) groups is 1. The molecular weight excluding hydrogens is 352 g/mol. The molecule has 6 heteroatoms. The van der Waals surface area contributed by atoms with Crippen LogP contribution < -0.4 is 10.1 Å². The minimum atomic E-state index is -0.211. The molecule has 5 nitrogen and oxygen atoms in total. The summed E-state index contributed by atoms with van der Waals surface area (Å²) in [6.45, 7) is 2.24. The summed E-state index contributed by atoms with van der Waals surface area (Å²) < 4.78 is 10.5. The highest BCUT2D eigenvalue weighted by atomic mass is 35.5. The van der Waals surface area contributed by atoms with E-state index in [0.29, 0.717) is 35.0 Å². The minimum absolute atomic E-state index is 0.211. The predicted molar refractivity (Wildman–Crippen MR) is 101 cm³/mol. The van der Waals surface area contributed by atoms with Gasteiger partial charge >= 0.3 is 0 Å². The van der Waals surface area contributed by atoms with Gasteiger partial charge in [0.05, 0.1) is 12.8 Å². The molecule has 0 atom stereocenters. The first-order valence-electron chi connectivity index (χ1n) is 8.22. The zero-order chi connectivity index (χ0) is 18.5. The van der Waals surface area contributed by atoms with Gasteiger partial charge in [0, 0.05) is 17.1 Å². The van der Waals surface area contributed by atoms with E-state index in [1.807, 2.05) is 48.5 Å². The van der Waals surface area contributed by atoms with Crippen molar-refractivity contribution in [3.63, 3.8) is 0 Å². The van der Waals surface area contributed by atoms with Crippen molar-refractivity contribution in [3.8, 4) is 17.1 Å². The first-order valence-corrected chi connectivity index (χ1v) is 8.59. The summed E-state index contributed by atoms with van der Waals surface area (Å²) in [4.78, 5) is 12.6. The van der Waals surface area contributed by atoms with Gasteiger partial charge in [0.1, 0.15) is 11.3 Å². The number of hydrogen-bond donors (Lipinski definition) is 1. The van der Waals surface area contributed by atoms with E-state index < -0.39 is 0 Å². The molecule has 1 amide bonds. The van der Waals surface area contributed by atoms with E-state index in [4.69, 9.17) is 20.9 Å². The molecular formula is C20H19ClN2O3. The number of ether oxygens (including phenoxy) is 1. The number of nitrogens with one attached hydrogen (secondary N) is 1. The van der Waals surface area contributed by atoms with E-state index in [1.54, 1.807) is 14.0 Å². The van der Waals surface area contributed by atoms with Crippen LogP contribution in [0.4, 0.5) is 0 Å². The highest BCUT2D eigenvalue weighted by Gasteiger charge is 2.21. The second-order valence-electron chi connectivity index (χ2n) is 5.84. The van der Waals surface area contributed by atoms with Crippen LogP contribution in [0.15, 0.2) is 53.1 Å². The van der Waals surface area contributed by atoms with Crippen LogP contribution in [0.5, 0.6) is 5.75 Å². The molecule has 3 rings (SSSR count). The fourth-order valence-electron chi connectivity index (χ4n) is 2.68. The van der Waals surface area contributed by atoms with Gasteiger partial charge in [-0.15, -0.1) is 0 Å². The van der Waals surface area contributed by atoms with Crippen LogP contribution in [0.25, 0.3) is 11.3 Å². The van der Waals surface area contributed by atoms with E-state index in [2.05, 4.69) is 10.5 Å². The van der Waals surface area contributed by atoms with E-state index in [-0.39, 0.29) is 5.91 Å². The van der Waals surface area contributed by atoms with Crippen LogP contribution in [-0.4, -0.2) is 24.7 Å². The van der Waals surface area contributed by atoms with Crippen LogP contribution in [0.1, 0.15) is 21.6 Å². The number of aromatic nitrogens is 1. The van der Waals surface area contributed by atoms with E-state index in [1.165, 1.54) is 0 Å². The summed E-state index contributed by atoms with van der Waals surface area (Å²) in [5.41, 5.74) is 2.83. The maximum atomic E-state index is 12.6. The second-order valence-corrected chi connectivity index (χ2v) is 6.27. The minimum Gasteiger partial charge on any atom is -0.497 e. The maximum Gasteiger partial charge on any atom is 0.257 e. The molecule has 134 valence electrons.